The molecular formula is C9H13N3O3S. The smallest absolute Gasteiger partial charge is 0.246 e. The van der Waals surface area contributed by atoms with E-state index in [1.807, 2.05) is 4.90 Å². The highest BCUT2D eigenvalue weighted by molar-refractivity contribution is 7.89. The van der Waals surface area contributed by atoms with Crippen molar-refractivity contribution in [2.75, 3.05) is 13.1 Å². The van der Waals surface area contributed by atoms with Crippen LogP contribution in [0, 0.1) is 6.92 Å². The summed E-state index contributed by atoms with van der Waals surface area (Å²) < 4.78 is 31.0. The topological polar surface area (TPSA) is 75.4 Å². The Morgan fingerprint density at radius 2 is 2.38 bits per heavy atom. The largest absolute Gasteiger partial charge is 0.375 e. The molecule has 0 radical (unpaired) electrons. The van der Waals surface area contributed by atoms with Crippen LogP contribution in [0.4, 0.5) is 0 Å². The first-order valence-electron chi connectivity index (χ1n) is 4.83. The van der Waals surface area contributed by atoms with Crippen molar-refractivity contribution in [1.82, 2.24) is 14.8 Å². The van der Waals surface area contributed by atoms with E-state index in [0.717, 1.165) is 0 Å². The maximum absolute atomic E-state index is 11.9. The van der Waals surface area contributed by atoms with Crippen LogP contribution in [0.1, 0.15) is 5.76 Å². The predicted octanol–water partition coefficient (Wildman–Crippen LogP) is 0.0890. The monoisotopic (exact) mass is 243 g/mol. The van der Waals surface area contributed by atoms with Gasteiger partial charge >= 0.3 is 0 Å². The molecule has 0 unspecified atom stereocenters. The number of hydrogen-bond donors (Lipinski definition) is 1. The van der Waals surface area contributed by atoms with Gasteiger partial charge in [0.05, 0.1) is 12.2 Å². The zero-order valence-corrected chi connectivity index (χ0v) is 9.70. The van der Waals surface area contributed by atoms with E-state index in [1.54, 1.807) is 13.1 Å². The van der Waals surface area contributed by atoms with Crippen LogP contribution in [-0.2, 0) is 10.0 Å². The lowest BCUT2D eigenvalue weighted by Gasteiger charge is -2.38. The molecule has 88 valence electrons. The van der Waals surface area contributed by atoms with E-state index >= 15 is 0 Å². The predicted molar refractivity (Wildman–Crippen MR) is 57.1 cm³/mol. The van der Waals surface area contributed by atoms with Crippen molar-refractivity contribution < 1.29 is 12.9 Å². The quantitative estimate of drug-likeness (QED) is 0.811. The first-order valence-corrected chi connectivity index (χ1v) is 6.31. The molecule has 1 aromatic rings. The Hall–Kier alpha value is -1.34. The Morgan fingerprint density at radius 3 is 2.88 bits per heavy atom. The number of aryl methyl sites for hydroxylation is 1. The summed E-state index contributed by atoms with van der Waals surface area (Å²) in [6, 6.07) is -0.0719. The van der Waals surface area contributed by atoms with Gasteiger partial charge < -0.3 is 9.42 Å². The molecule has 1 saturated heterocycles. The highest BCUT2D eigenvalue weighted by Crippen LogP contribution is 2.16. The first kappa shape index (κ1) is 11.2. The van der Waals surface area contributed by atoms with Crippen LogP contribution in [-0.4, -0.2) is 37.6 Å². The van der Waals surface area contributed by atoms with Crippen LogP contribution >= 0.6 is 0 Å². The summed E-state index contributed by atoms with van der Waals surface area (Å²) in [5.41, 5.74) is 0. The Labute approximate surface area is 94.0 Å². The Morgan fingerprint density at radius 1 is 1.69 bits per heavy atom. The van der Waals surface area contributed by atoms with Gasteiger partial charge in [-0.2, -0.15) is 0 Å². The average molecular weight is 243 g/mol. The standard InChI is InChI=1S/C9H13N3O3S/c1-3-12-5-8(6-12)11-16(13,14)9-4-10-15-7(9)2/h3-4,8,11H,1,5-6H2,2H3. The number of rotatable bonds is 4. The van der Waals surface area contributed by atoms with Gasteiger partial charge in [-0.25, -0.2) is 13.1 Å². The molecule has 6 nitrogen and oxygen atoms in total. The van der Waals surface area contributed by atoms with Crippen LogP contribution in [0.2, 0.25) is 0 Å². The SMILES string of the molecule is C=CN1CC(NS(=O)(=O)c2cnoc2C)C1. The number of likely N-dealkylation sites (tertiary alicyclic amines) is 1. The van der Waals surface area contributed by atoms with Gasteiger partial charge in [-0.05, 0) is 13.1 Å². The summed E-state index contributed by atoms with van der Waals surface area (Å²) in [5.74, 6) is 0.299. The molecule has 2 heterocycles. The molecule has 16 heavy (non-hydrogen) atoms. The third-order valence-corrected chi connectivity index (χ3v) is 4.10. The number of sulfonamides is 1. The summed E-state index contributed by atoms with van der Waals surface area (Å²) >= 11 is 0. The molecule has 1 aliphatic rings. The fourth-order valence-electron chi connectivity index (χ4n) is 1.57. The number of nitrogens with one attached hydrogen (secondary N) is 1. The zero-order valence-electron chi connectivity index (χ0n) is 8.88. The van der Waals surface area contributed by atoms with Gasteiger partial charge in [-0.1, -0.05) is 11.7 Å². The van der Waals surface area contributed by atoms with E-state index < -0.39 is 10.0 Å². The lowest BCUT2D eigenvalue weighted by molar-refractivity contribution is 0.209. The van der Waals surface area contributed by atoms with Gasteiger partial charge in [0.15, 0.2) is 5.76 Å². The number of nitrogens with zero attached hydrogens (tertiary/aromatic N) is 2. The van der Waals surface area contributed by atoms with E-state index in [2.05, 4.69) is 16.5 Å². The van der Waals surface area contributed by atoms with Crippen molar-refractivity contribution in [3.8, 4) is 0 Å². The van der Waals surface area contributed by atoms with Crippen LogP contribution < -0.4 is 4.72 Å². The van der Waals surface area contributed by atoms with Gasteiger partial charge in [0.2, 0.25) is 10.0 Å². The van der Waals surface area contributed by atoms with Crippen LogP contribution in [0.5, 0.6) is 0 Å². The molecule has 1 N–H and O–H groups in total. The summed E-state index contributed by atoms with van der Waals surface area (Å²) in [7, 11) is -3.51. The minimum atomic E-state index is -3.51. The second-order valence-corrected chi connectivity index (χ2v) is 5.38. The second kappa shape index (κ2) is 3.91. The van der Waals surface area contributed by atoms with E-state index in [4.69, 9.17) is 4.52 Å². The maximum Gasteiger partial charge on any atom is 0.246 e. The van der Waals surface area contributed by atoms with Crippen molar-refractivity contribution in [3.05, 3.63) is 24.7 Å². The Balaban J connectivity index is 2.05. The summed E-state index contributed by atoms with van der Waals surface area (Å²) in [4.78, 5) is 2.03. The summed E-state index contributed by atoms with van der Waals surface area (Å²) in [6.45, 7) is 6.46. The molecule has 0 aromatic carbocycles. The second-order valence-electron chi connectivity index (χ2n) is 3.70. The van der Waals surface area contributed by atoms with E-state index in [1.165, 1.54) is 6.20 Å². The molecular weight excluding hydrogens is 230 g/mol. The van der Waals surface area contributed by atoms with Crippen molar-refractivity contribution in [1.29, 1.82) is 0 Å². The Kier molecular flexibility index (Phi) is 2.73. The van der Waals surface area contributed by atoms with Crippen molar-refractivity contribution in [2.45, 2.75) is 17.9 Å². The van der Waals surface area contributed by atoms with E-state index in [9.17, 15) is 8.42 Å². The molecule has 7 heteroatoms. The van der Waals surface area contributed by atoms with Gasteiger partial charge in [0.25, 0.3) is 0 Å². The first-order chi connectivity index (χ1) is 7.53. The Bertz CT molecular complexity index is 488. The fourth-order valence-corrected chi connectivity index (χ4v) is 2.88. The van der Waals surface area contributed by atoms with E-state index in [0.29, 0.717) is 18.8 Å². The zero-order chi connectivity index (χ0) is 11.8. The van der Waals surface area contributed by atoms with Gasteiger partial charge in [0.1, 0.15) is 4.90 Å². The molecule has 0 amide bonds. The highest BCUT2D eigenvalue weighted by Gasteiger charge is 2.30. The lowest BCUT2D eigenvalue weighted by Crippen LogP contribution is -2.56. The molecule has 0 spiro atoms. The van der Waals surface area contributed by atoms with E-state index in [-0.39, 0.29) is 10.9 Å². The molecule has 0 saturated carbocycles. The molecule has 1 aromatic heterocycles. The average Bonchev–Trinajstić information content (AvgIpc) is 2.58. The molecule has 0 aliphatic carbocycles. The van der Waals surface area contributed by atoms with Crippen LogP contribution in [0.15, 0.2) is 28.4 Å². The summed E-state index contributed by atoms with van der Waals surface area (Å²) in [6.07, 6.45) is 2.90. The summed E-state index contributed by atoms with van der Waals surface area (Å²) in [5, 5.41) is 3.45. The molecule has 0 atom stereocenters. The third-order valence-electron chi connectivity index (χ3n) is 2.49. The maximum atomic E-state index is 11.9. The number of aromatic nitrogens is 1. The molecule has 1 aliphatic heterocycles. The van der Waals surface area contributed by atoms with Gasteiger partial charge in [-0.15, -0.1) is 0 Å². The third kappa shape index (κ3) is 1.96. The lowest BCUT2D eigenvalue weighted by atomic mass is 10.1. The van der Waals surface area contributed by atoms with Crippen molar-refractivity contribution >= 4 is 10.0 Å². The molecule has 1 fully saturated rings. The minimum Gasteiger partial charge on any atom is -0.375 e. The minimum absolute atomic E-state index is 0.0719. The molecule has 0 bridgehead atoms. The normalized spacial score (nSPS) is 17.2. The van der Waals surface area contributed by atoms with Gasteiger partial charge in [0, 0.05) is 13.1 Å². The highest BCUT2D eigenvalue weighted by atomic mass is 32.2. The number of hydrogen-bond acceptors (Lipinski definition) is 5. The van der Waals surface area contributed by atoms with Crippen LogP contribution in [0.25, 0.3) is 0 Å². The van der Waals surface area contributed by atoms with Gasteiger partial charge in [-0.3, -0.25) is 0 Å². The van der Waals surface area contributed by atoms with Crippen molar-refractivity contribution in [3.63, 3.8) is 0 Å². The van der Waals surface area contributed by atoms with Crippen LogP contribution in [0.3, 0.4) is 0 Å². The fraction of sp³-hybridized carbons (Fsp3) is 0.444. The van der Waals surface area contributed by atoms with Crippen molar-refractivity contribution in [2.24, 2.45) is 0 Å². The molecule has 2 rings (SSSR count).